The van der Waals surface area contributed by atoms with Gasteiger partial charge in [0, 0.05) is 23.1 Å². The van der Waals surface area contributed by atoms with Crippen molar-refractivity contribution < 1.29 is 19.1 Å². The van der Waals surface area contributed by atoms with Crippen LogP contribution in [0.25, 0.3) is 10.2 Å². The monoisotopic (exact) mass is 425 g/mol. The maximum absolute atomic E-state index is 12.7. The highest BCUT2D eigenvalue weighted by atomic mass is 32.1. The van der Waals surface area contributed by atoms with Gasteiger partial charge >= 0.3 is 5.97 Å². The Balaban J connectivity index is 1.48. The summed E-state index contributed by atoms with van der Waals surface area (Å²) in [7, 11) is 0. The van der Waals surface area contributed by atoms with Gasteiger partial charge in [-0.2, -0.15) is 0 Å². The van der Waals surface area contributed by atoms with Gasteiger partial charge in [-0.05, 0) is 38.5 Å². The van der Waals surface area contributed by atoms with E-state index in [-0.39, 0.29) is 16.8 Å². The Kier molecular flexibility index (Phi) is 5.34. The SMILES string of the molecule is Cc1cc(C)c2c(N)c(C(=O)OC(C)C(=O)NC3CCOc4ccccc43)sc2n1. The van der Waals surface area contributed by atoms with Crippen LogP contribution in [-0.2, 0) is 9.53 Å². The van der Waals surface area contributed by atoms with Crippen molar-refractivity contribution in [2.45, 2.75) is 39.3 Å². The molecule has 156 valence electrons. The van der Waals surface area contributed by atoms with E-state index in [0.29, 0.717) is 23.5 Å². The van der Waals surface area contributed by atoms with E-state index in [2.05, 4.69) is 10.3 Å². The molecule has 0 aliphatic carbocycles. The molecule has 3 N–H and O–H groups in total. The maximum atomic E-state index is 12.7. The van der Waals surface area contributed by atoms with Gasteiger partial charge in [0.1, 0.15) is 15.5 Å². The molecule has 1 aromatic carbocycles. The van der Waals surface area contributed by atoms with Gasteiger partial charge in [0.2, 0.25) is 0 Å². The molecule has 0 saturated heterocycles. The molecule has 3 heterocycles. The van der Waals surface area contributed by atoms with Crippen molar-refractivity contribution >= 4 is 39.1 Å². The highest BCUT2D eigenvalue weighted by Crippen LogP contribution is 2.36. The number of carbonyl (C=O) groups is 2. The van der Waals surface area contributed by atoms with Crippen LogP contribution in [0.1, 0.15) is 45.9 Å². The summed E-state index contributed by atoms with van der Waals surface area (Å²) in [6.07, 6.45) is -0.315. The van der Waals surface area contributed by atoms with E-state index < -0.39 is 12.1 Å². The van der Waals surface area contributed by atoms with Crippen LogP contribution in [0.2, 0.25) is 0 Å². The number of aryl methyl sites for hydroxylation is 2. The first-order valence-corrected chi connectivity index (χ1v) is 10.6. The Morgan fingerprint density at radius 1 is 1.33 bits per heavy atom. The topological polar surface area (TPSA) is 104 Å². The van der Waals surface area contributed by atoms with Crippen LogP contribution in [0, 0.1) is 13.8 Å². The van der Waals surface area contributed by atoms with Gasteiger partial charge in [0.05, 0.1) is 18.3 Å². The van der Waals surface area contributed by atoms with Crippen LogP contribution in [0.5, 0.6) is 5.75 Å². The number of carbonyl (C=O) groups excluding carboxylic acids is 2. The quantitative estimate of drug-likeness (QED) is 0.618. The number of hydrogen-bond donors (Lipinski definition) is 2. The normalized spacial score (nSPS) is 16.4. The minimum atomic E-state index is -0.965. The van der Waals surface area contributed by atoms with Gasteiger partial charge in [-0.1, -0.05) is 18.2 Å². The van der Waals surface area contributed by atoms with Gasteiger partial charge in [-0.3, -0.25) is 4.79 Å². The molecule has 2 unspecified atom stereocenters. The summed E-state index contributed by atoms with van der Waals surface area (Å²) < 4.78 is 11.1. The van der Waals surface area contributed by atoms with Gasteiger partial charge in [0.15, 0.2) is 6.10 Å². The van der Waals surface area contributed by atoms with Crippen LogP contribution in [-0.4, -0.2) is 29.6 Å². The number of anilines is 1. The molecule has 8 heteroatoms. The molecule has 1 aliphatic rings. The second-order valence-electron chi connectivity index (χ2n) is 7.39. The first-order valence-electron chi connectivity index (χ1n) is 9.74. The molecule has 0 radical (unpaired) electrons. The molecule has 0 fully saturated rings. The van der Waals surface area contributed by atoms with Crippen molar-refractivity contribution in [3.05, 3.63) is 52.0 Å². The zero-order chi connectivity index (χ0) is 21.4. The summed E-state index contributed by atoms with van der Waals surface area (Å²) in [5.41, 5.74) is 9.27. The third kappa shape index (κ3) is 3.70. The van der Waals surface area contributed by atoms with E-state index in [4.69, 9.17) is 15.2 Å². The number of nitrogens with two attached hydrogens (primary N) is 1. The minimum absolute atomic E-state index is 0.187. The molecule has 2 atom stereocenters. The minimum Gasteiger partial charge on any atom is -0.493 e. The Morgan fingerprint density at radius 2 is 2.10 bits per heavy atom. The van der Waals surface area contributed by atoms with Crippen LogP contribution in [0.3, 0.4) is 0 Å². The lowest BCUT2D eigenvalue weighted by Crippen LogP contribution is -2.39. The van der Waals surface area contributed by atoms with Crippen LogP contribution < -0.4 is 15.8 Å². The second-order valence-corrected chi connectivity index (χ2v) is 8.39. The number of thiophene rings is 1. The fourth-order valence-corrected chi connectivity index (χ4v) is 4.77. The van der Waals surface area contributed by atoms with E-state index in [0.717, 1.165) is 28.0 Å². The Labute approximate surface area is 178 Å². The molecular weight excluding hydrogens is 402 g/mol. The largest absolute Gasteiger partial charge is 0.493 e. The molecule has 0 saturated carbocycles. The lowest BCUT2D eigenvalue weighted by molar-refractivity contribution is -0.130. The number of aromatic nitrogens is 1. The first-order chi connectivity index (χ1) is 14.3. The average molecular weight is 426 g/mol. The molecule has 1 aliphatic heterocycles. The van der Waals surface area contributed by atoms with E-state index >= 15 is 0 Å². The van der Waals surface area contributed by atoms with Gasteiger partial charge < -0.3 is 20.5 Å². The summed E-state index contributed by atoms with van der Waals surface area (Å²) in [5.74, 6) is -0.229. The Morgan fingerprint density at radius 3 is 2.90 bits per heavy atom. The number of ether oxygens (including phenoxy) is 2. The van der Waals surface area contributed by atoms with E-state index in [1.807, 2.05) is 44.2 Å². The number of fused-ring (bicyclic) bond motifs is 2. The van der Waals surface area contributed by atoms with Crippen molar-refractivity contribution in [1.29, 1.82) is 0 Å². The molecule has 0 spiro atoms. The number of esters is 1. The number of para-hydroxylation sites is 1. The summed E-state index contributed by atoms with van der Waals surface area (Å²) in [6, 6.07) is 9.32. The lowest BCUT2D eigenvalue weighted by atomic mass is 10.0. The molecule has 7 nitrogen and oxygen atoms in total. The van der Waals surface area contributed by atoms with Gasteiger partial charge in [-0.15, -0.1) is 11.3 Å². The van der Waals surface area contributed by atoms with Crippen molar-refractivity contribution in [1.82, 2.24) is 10.3 Å². The van der Waals surface area contributed by atoms with Crippen LogP contribution in [0.15, 0.2) is 30.3 Å². The molecule has 1 amide bonds. The summed E-state index contributed by atoms with van der Waals surface area (Å²) in [5, 5.41) is 3.71. The number of pyridine rings is 1. The maximum Gasteiger partial charge on any atom is 0.351 e. The Bertz CT molecular complexity index is 1140. The second kappa shape index (κ2) is 7.95. The summed E-state index contributed by atoms with van der Waals surface area (Å²) in [6.45, 7) is 5.88. The molecule has 4 rings (SSSR count). The molecule has 30 heavy (non-hydrogen) atoms. The highest BCUT2D eigenvalue weighted by molar-refractivity contribution is 7.21. The van der Waals surface area contributed by atoms with Crippen LogP contribution >= 0.6 is 11.3 Å². The van der Waals surface area contributed by atoms with E-state index in [9.17, 15) is 9.59 Å². The average Bonchev–Trinajstić information content (AvgIpc) is 3.04. The molecular formula is C22H23N3O4S. The smallest absolute Gasteiger partial charge is 0.351 e. The number of benzene rings is 1. The van der Waals surface area contributed by atoms with Gasteiger partial charge in [-0.25, -0.2) is 9.78 Å². The zero-order valence-corrected chi connectivity index (χ0v) is 17.8. The molecule has 2 aromatic heterocycles. The van der Waals surface area contributed by atoms with Gasteiger partial charge in [0.25, 0.3) is 5.91 Å². The zero-order valence-electron chi connectivity index (χ0n) is 17.0. The highest BCUT2D eigenvalue weighted by Gasteiger charge is 2.28. The summed E-state index contributed by atoms with van der Waals surface area (Å²) >= 11 is 1.18. The van der Waals surface area contributed by atoms with Crippen molar-refractivity contribution in [3.63, 3.8) is 0 Å². The molecule has 3 aromatic rings. The van der Waals surface area contributed by atoms with E-state index in [1.165, 1.54) is 11.3 Å². The fraction of sp³-hybridized carbons (Fsp3) is 0.318. The first kappa shape index (κ1) is 20.2. The predicted molar refractivity (Wildman–Crippen MR) is 116 cm³/mol. The molecule has 0 bridgehead atoms. The number of rotatable bonds is 4. The van der Waals surface area contributed by atoms with E-state index in [1.54, 1.807) is 6.92 Å². The van der Waals surface area contributed by atoms with Crippen molar-refractivity contribution in [2.24, 2.45) is 0 Å². The van der Waals surface area contributed by atoms with Crippen molar-refractivity contribution in [3.8, 4) is 5.75 Å². The summed E-state index contributed by atoms with van der Waals surface area (Å²) in [4.78, 5) is 30.8. The third-order valence-electron chi connectivity index (χ3n) is 5.14. The number of amides is 1. The number of hydrogen-bond acceptors (Lipinski definition) is 7. The predicted octanol–water partition coefficient (Wildman–Crippen LogP) is 3.68. The fourth-order valence-electron chi connectivity index (χ4n) is 3.67. The Hall–Kier alpha value is -3.13. The number of nitrogens with zero attached hydrogens (tertiary/aromatic N) is 1. The number of nitrogens with one attached hydrogen (secondary N) is 1. The lowest BCUT2D eigenvalue weighted by Gasteiger charge is -2.27. The van der Waals surface area contributed by atoms with Crippen LogP contribution in [0.4, 0.5) is 5.69 Å². The standard InChI is InChI=1S/C22H23N3O4S/c1-11-10-12(2)24-21-17(11)18(23)19(30-21)22(27)29-13(3)20(26)25-15-8-9-28-16-7-5-4-6-14(15)16/h4-7,10,13,15H,8-9,23H2,1-3H3,(H,25,26). The van der Waals surface area contributed by atoms with Crippen molar-refractivity contribution in [2.75, 3.05) is 12.3 Å². The third-order valence-corrected chi connectivity index (χ3v) is 6.22. The number of nitrogen functional groups attached to an aromatic ring is 1.